The average Bonchev–Trinajstić information content (AvgIpc) is 2.52. The second-order valence-corrected chi connectivity index (χ2v) is 5.25. The van der Waals surface area contributed by atoms with Crippen LogP contribution >= 0.6 is 0 Å². The topological polar surface area (TPSA) is 58.9 Å². The zero-order valence-electron chi connectivity index (χ0n) is 12.3. The van der Waals surface area contributed by atoms with Gasteiger partial charge >= 0.3 is 0 Å². The van der Waals surface area contributed by atoms with E-state index >= 15 is 0 Å². The van der Waals surface area contributed by atoms with Crippen molar-refractivity contribution in [2.24, 2.45) is 0 Å². The predicted molar refractivity (Wildman–Crippen MR) is 83.3 cm³/mol. The average molecular weight is 298 g/mol. The van der Waals surface area contributed by atoms with Crippen LogP contribution in [0.15, 0.2) is 48.7 Å². The number of phenols is 2. The highest BCUT2D eigenvalue weighted by atomic mass is 16.5. The van der Waals surface area contributed by atoms with Gasteiger partial charge in [0, 0.05) is 17.7 Å². The molecule has 22 heavy (non-hydrogen) atoms. The molecular weight excluding hydrogens is 280 g/mol. The summed E-state index contributed by atoms with van der Waals surface area (Å²) in [6.45, 7) is 1.89. The fraction of sp³-hybridized carbons (Fsp3) is 0.222. The van der Waals surface area contributed by atoms with Gasteiger partial charge in [0.15, 0.2) is 0 Å². The predicted octanol–water partition coefficient (Wildman–Crippen LogP) is 4.08. The molecule has 0 aromatic heterocycles. The van der Waals surface area contributed by atoms with E-state index in [1.54, 1.807) is 18.4 Å². The first kappa shape index (κ1) is 14.3. The molecular formula is C18H18O4. The largest absolute Gasteiger partial charge is 0.508 e. The Balaban J connectivity index is 1.85. The van der Waals surface area contributed by atoms with Gasteiger partial charge in [-0.05, 0) is 43.5 Å². The molecule has 0 saturated heterocycles. The summed E-state index contributed by atoms with van der Waals surface area (Å²) in [6, 6.07) is 10.4. The summed E-state index contributed by atoms with van der Waals surface area (Å²) in [5.74, 6) is 1.58. The van der Waals surface area contributed by atoms with Crippen LogP contribution in [0.25, 0.3) is 0 Å². The Labute approximate surface area is 129 Å². The Morgan fingerprint density at radius 3 is 2.82 bits per heavy atom. The van der Waals surface area contributed by atoms with Gasteiger partial charge in [-0.25, -0.2) is 0 Å². The summed E-state index contributed by atoms with van der Waals surface area (Å²) in [6.07, 6.45) is 4.85. The molecule has 0 fully saturated rings. The highest BCUT2D eigenvalue weighted by Gasteiger charge is 2.24. The van der Waals surface area contributed by atoms with Crippen molar-refractivity contribution in [3.63, 3.8) is 0 Å². The second-order valence-electron chi connectivity index (χ2n) is 5.25. The summed E-state index contributed by atoms with van der Waals surface area (Å²) in [5, 5.41) is 19.4. The number of hydrogen-bond donors (Lipinski definition) is 2. The van der Waals surface area contributed by atoms with Crippen molar-refractivity contribution in [3.8, 4) is 23.0 Å². The number of allylic oxidation sites excluding steroid dienone is 1. The molecule has 4 heteroatoms. The summed E-state index contributed by atoms with van der Waals surface area (Å²) in [5.41, 5.74) is 1.81. The van der Waals surface area contributed by atoms with E-state index in [1.165, 1.54) is 6.07 Å². The van der Waals surface area contributed by atoms with E-state index < -0.39 is 0 Å². The van der Waals surface area contributed by atoms with Crippen LogP contribution in [0.5, 0.6) is 23.0 Å². The highest BCUT2D eigenvalue weighted by molar-refractivity contribution is 5.45. The van der Waals surface area contributed by atoms with Crippen LogP contribution in [0.1, 0.15) is 30.6 Å². The minimum absolute atomic E-state index is 0.0412. The molecule has 0 bridgehead atoms. The number of phenolic OH excluding ortho intramolecular Hbond substituents is 2. The Morgan fingerprint density at radius 1 is 1.18 bits per heavy atom. The van der Waals surface area contributed by atoms with Gasteiger partial charge in [-0.1, -0.05) is 12.1 Å². The molecule has 2 N–H and O–H groups in total. The molecule has 1 aliphatic heterocycles. The summed E-state index contributed by atoms with van der Waals surface area (Å²) < 4.78 is 11.5. The summed E-state index contributed by atoms with van der Waals surface area (Å²) in [4.78, 5) is 0. The van der Waals surface area contributed by atoms with Crippen LogP contribution in [0.3, 0.4) is 0 Å². The fourth-order valence-electron chi connectivity index (χ4n) is 2.59. The first-order valence-corrected chi connectivity index (χ1v) is 7.26. The molecule has 1 heterocycles. The van der Waals surface area contributed by atoms with Crippen molar-refractivity contribution in [1.29, 1.82) is 0 Å². The zero-order chi connectivity index (χ0) is 15.5. The third kappa shape index (κ3) is 2.86. The maximum absolute atomic E-state index is 9.99. The quantitative estimate of drug-likeness (QED) is 0.838. The lowest BCUT2D eigenvalue weighted by molar-refractivity contribution is 0.172. The Kier molecular flexibility index (Phi) is 3.92. The smallest absolute Gasteiger partial charge is 0.130 e. The monoisotopic (exact) mass is 298 g/mol. The summed E-state index contributed by atoms with van der Waals surface area (Å²) >= 11 is 0. The third-order valence-electron chi connectivity index (χ3n) is 3.68. The van der Waals surface area contributed by atoms with Crippen LogP contribution < -0.4 is 9.47 Å². The van der Waals surface area contributed by atoms with Crippen LogP contribution in [-0.4, -0.2) is 10.2 Å². The Morgan fingerprint density at radius 2 is 2.05 bits per heavy atom. The van der Waals surface area contributed by atoms with E-state index in [2.05, 4.69) is 0 Å². The molecule has 2 aromatic rings. The molecule has 2 aromatic carbocycles. The fourth-order valence-corrected chi connectivity index (χ4v) is 2.59. The van der Waals surface area contributed by atoms with E-state index in [-0.39, 0.29) is 17.6 Å². The lowest BCUT2D eigenvalue weighted by atomic mass is 9.96. The first-order chi connectivity index (χ1) is 10.7. The van der Waals surface area contributed by atoms with Gasteiger partial charge in [-0.3, -0.25) is 0 Å². The lowest BCUT2D eigenvalue weighted by Gasteiger charge is -2.27. The van der Waals surface area contributed by atoms with Crippen molar-refractivity contribution in [3.05, 3.63) is 59.9 Å². The SMILES string of the molecule is CC=COc1ccc2c(c1)OC(c1ccc(O)cc1O)CC2. The molecule has 1 aliphatic rings. The molecule has 0 saturated carbocycles. The third-order valence-corrected chi connectivity index (χ3v) is 3.68. The van der Waals surface area contributed by atoms with Gasteiger partial charge in [0.2, 0.25) is 0 Å². The van der Waals surface area contributed by atoms with Gasteiger partial charge in [-0.15, -0.1) is 0 Å². The minimum Gasteiger partial charge on any atom is -0.508 e. The van der Waals surface area contributed by atoms with Crippen LogP contribution in [-0.2, 0) is 6.42 Å². The molecule has 3 rings (SSSR count). The molecule has 114 valence electrons. The van der Waals surface area contributed by atoms with E-state index in [0.29, 0.717) is 11.3 Å². The van der Waals surface area contributed by atoms with Crippen molar-refractivity contribution in [2.45, 2.75) is 25.9 Å². The number of fused-ring (bicyclic) bond motifs is 1. The molecule has 0 amide bonds. The van der Waals surface area contributed by atoms with Crippen molar-refractivity contribution in [2.75, 3.05) is 0 Å². The molecule has 4 nitrogen and oxygen atoms in total. The van der Waals surface area contributed by atoms with E-state index in [9.17, 15) is 10.2 Å². The standard InChI is InChI=1S/C18H18O4/c1-2-9-21-14-6-3-12-4-8-17(22-18(12)11-14)15-7-5-13(19)10-16(15)20/h2-3,5-7,9-11,17,19-20H,4,8H2,1H3. The van der Waals surface area contributed by atoms with E-state index in [0.717, 1.165) is 24.2 Å². The number of benzene rings is 2. The van der Waals surface area contributed by atoms with E-state index in [4.69, 9.17) is 9.47 Å². The molecule has 0 spiro atoms. The van der Waals surface area contributed by atoms with Crippen LogP contribution in [0.4, 0.5) is 0 Å². The maximum Gasteiger partial charge on any atom is 0.130 e. The first-order valence-electron chi connectivity index (χ1n) is 7.26. The molecule has 1 unspecified atom stereocenters. The van der Waals surface area contributed by atoms with Gasteiger partial charge in [0.25, 0.3) is 0 Å². The normalized spacial score (nSPS) is 17.0. The molecule has 1 atom stereocenters. The summed E-state index contributed by atoms with van der Waals surface area (Å²) in [7, 11) is 0. The molecule has 0 aliphatic carbocycles. The van der Waals surface area contributed by atoms with Gasteiger partial charge < -0.3 is 19.7 Å². The van der Waals surface area contributed by atoms with Crippen LogP contribution in [0, 0.1) is 0 Å². The second kappa shape index (κ2) is 6.02. The van der Waals surface area contributed by atoms with Crippen molar-refractivity contribution < 1.29 is 19.7 Å². The van der Waals surface area contributed by atoms with Gasteiger partial charge in [0.05, 0.1) is 6.26 Å². The van der Waals surface area contributed by atoms with Gasteiger partial charge in [0.1, 0.15) is 29.1 Å². The van der Waals surface area contributed by atoms with Crippen molar-refractivity contribution >= 4 is 0 Å². The number of ether oxygens (including phenoxy) is 2. The number of aryl methyl sites for hydroxylation is 1. The van der Waals surface area contributed by atoms with Gasteiger partial charge in [-0.2, -0.15) is 0 Å². The lowest BCUT2D eigenvalue weighted by Crippen LogP contribution is -2.15. The maximum atomic E-state index is 9.99. The van der Waals surface area contributed by atoms with Crippen LogP contribution in [0.2, 0.25) is 0 Å². The number of rotatable bonds is 3. The minimum atomic E-state index is -0.231. The molecule has 0 radical (unpaired) electrons. The zero-order valence-corrected chi connectivity index (χ0v) is 12.3. The Bertz CT molecular complexity index is 706. The highest BCUT2D eigenvalue weighted by Crippen LogP contribution is 2.40. The Hall–Kier alpha value is -2.62. The number of hydrogen-bond acceptors (Lipinski definition) is 4. The number of aromatic hydroxyl groups is 2. The van der Waals surface area contributed by atoms with Crippen molar-refractivity contribution in [1.82, 2.24) is 0 Å². The van der Waals surface area contributed by atoms with E-state index in [1.807, 2.05) is 31.2 Å².